The molecule has 2 aromatic carbocycles. The molecule has 0 fully saturated rings. The molecule has 1 aromatic heterocycles. The van der Waals surface area contributed by atoms with Gasteiger partial charge in [-0.25, -0.2) is 9.97 Å². The molecule has 0 radical (unpaired) electrons. The minimum atomic E-state index is 0.760. The normalized spacial score (nSPS) is 10.4. The third-order valence-electron chi connectivity index (χ3n) is 4.02. The van der Waals surface area contributed by atoms with Crippen LogP contribution in [0.1, 0.15) is 25.3 Å². The molecule has 128 valence electrons. The van der Waals surface area contributed by atoms with Crippen molar-refractivity contribution < 1.29 is 0 Å². The lowest BCUT2D eigenvalue weighted by Crippen LogP contribution is -2.18. The van der Waals surface area contributed by atoms with Crippen LogP contribution in [0, 0.1) is 0 Å². The topological polar surface area (TPSA) is 41.0 Å². The first kappa shape index (κ1) is 17.0. The first-order valence-corrected chi connectivity index (χ1v) is 8.79. The van der Waals surface area contributed by atoms with Gasteiger partial charge in [0.25, 0.3) is 0 Å². The van der Waals surface area contributed by atoms with Crippen molar-refractivity contribution in [2.45, 2.75) is 26.3 Å². The molecule has 0 amide bonds. The predicted molar refractivity (Wildman–Crippen MR) is 104 cm³/mol. The molecule has 0 aliphatic carbocycles. The molecule has 3 rings (SSSR count). The van der Waals surface area contributed by atoms with Crippen LogP contribution < -0.4 is 10.2 Å². The summed E-state index contributed by atoms with van der Waals surface area (Å²) in [5.74, 6) is 1.76. The average Bonchev–Trinajstić information content (AvgIpc) is 2.68. The third-order valence-corrected chi connectivity index (χ3v) is 4.02. The standard InChI is InChI=1S/C21H24N4/c1-2-3-14-22-20-15-21(24-17-23-20)25(19-12-8-5-9-13-19)16-18-10-6-4-7-11-18/h4-13,15,17H,2-3,14,16H2,1H3,(H,22,23,24). The van der Waals surface area contributed by atoms with Crippen LogP contribution in [-0.2, 0) is 6.54 Å². The van der Waals surface area contributed by atoms with Gasteiger partial charge >= 0.3 is 0 Å². The van der Waals surface area contributed by atoms with E-state index >= 15 is 0 Å². The fraction of sp³-hybridized carbons (Fsp3) is 0.238. The van der Waals surface area contributed by atoms with E-state index in [9.17, 15) is 0 Å². The minimum absolute atomic E-state index is 0.760. The number of unbranched alkanes of at least 4 members (excludes halogenated alkanes) is 1. The lowest BCUT2D eigenvalue weighted by atomic mass is 10.2. The second kappa shape index (κ2) is 8.83. The smallest absolute Gasteiger partial charge is 0.138 e. The summed E-state index contributed by atoms with van der Waals surface area (Å²) < 4.78 is 0. The number of hydrogen-bond acceptors (Lipinski definition) is 4. The molecule has 0 saturated carbocycles. The Hall–Kier alpha value is -2.88. The highest BCUT2D eigenvalue weighted by Gasteiger charge is 2.12. The van der Waals surface area contributed by atoms with E-state index in [1.807, 2.05) is 18.2 Å². The van der Waals surface area contributed by atoms with Crippen LogP contribution in [0.25, 0.3) is 0 Å². The summed E-state index contributed by atoms with van der Waals surface area (Å²) in [5.41, 5.74) is 2.36. The number of benzene rings is 2. The number of nitrogens with zero attached hydrogens (tertiary/aromatic N) is 3. The van der Waals surface area contributed by atoms with Crippen LogP contribution in [0.2, 0.25) is 0 Å². The SMILES string of the molecule is CCCCNc1cc(N(Cc2ccccc2)c2ccccc2)ncn1. The van der Waals surface area contributed by atoms with Crippen molar-refractivity contribution in [2.75, 3.05) is 16.8 Å². The number of aromatic nitrogens is 2. The summed E-state index contributed by atoms with van der Waals surface area (Å²) >= 11 is 0. The van der Waals surface area contributed by atoms with E-state index < -0.39 is 0 Å². The van der Waals surface area contributed by atoms with Crippen molar-refractivity contribution in [3.05, 3.63) is 78.6 Å². The van der Waals surface area contributed by atoms with Crippen molar-refractivity contribution in [1.29, 1.82) is 0 Å². The van der Waals surface area contributed by atoms with E-state index in [4.69, 9.17) is 0 Å². The molecule has 0 saturated heterocycles. The summed E-state index contributed by atoms with van der Waals surface area (Å²) in [6.45, 7) is 3.87. The summed E-state index contributed by atoms with van der Waals surface area (Å²) in [4.78, 5) is 11.1. The van der Waals surface area contributed by atoms with Crippen molar-refractivity contribution in [3.63, 3.8) is 0 Å². The highest BCUT2D eigenvalue weighted by molar-refractivity contribution is 5.62. The largest absolute Gasteiger partial charge is 0.370 e. The van der Waals surface area contributed by atoms with Gasteiger partial charge in [-0.1, -0.05) is 61.9 Å². The number of para-hydroxylation sites is 1. The van der Waals surface area contributed by atoms with Crippen molar-refractivity contribution in [1.82, 2.24) is 9.97 Å². The quantitative estimate of drug-likeness (QED) is 0.588. The molecule has 3 aromatic rings. The number of nitrogens with one attached hydrogen (secondary N) is 1. The first-order valence-electron chi connectivity index (χ1n) is 8.79. The Morgan fingerprint density at radius 3 is 2.36 bits per heavy atom. The number of hydrogen-bond donors (Lipinski definition) is 1. The van der Waals surface area contributed by atoms with Crippen LogP contribution >= 0.6 is 0 Å². The summed E-state index contributed by atoms with van der Waals surface area (Å²) in [5, 5.41) is 3.38. The number of anilines is 3. The van der Waals surface area contributed by atoms with Crippen molar-refractivity contribution in [3.8, 4) is 0 Å². The summed E-state index contributed by atoms with van der Waals surface area (Å²) in [6.07, 6.45) is 3.92. The van der Waals surface area contributed by atoms with E-state index in [0.29, 0.717) is 0 Å². The van der Waals surface area contributed by atoms with Crippen LogP contribution in [0.3, 0.4) is 0 Å². The van der Waals surface area contributed by atoms with E-state index in [2.05, 4.69) is 75.6 Å². The molecule has 4 heteroatoms. The molecule has 0 spiro atoms. The molecule has 0 aliphatic rings. The second-order valence-electron chi connectivity index (χ2n) is 5.95. The Morgan fingerprint density at radius 1 is 0.920 bits per heavy atom. The van der Waals surface area contributed by atoms with Gasteiger partial charge in [0.15, 0.2) is 0 Å². The van der Waals surface area contributed by atoms with Gasteiger partial charge in [0.05, 0.1) is 0 Å². The Bertz CT molecular complexity index is 759. The van der Waals surface area contributed by atoms with Crippen LogP contribution in [-0.4, -0.2) is 16.5 Å². The van der Waals surface area contributed by atoms with E-state index in [0.717, 1.165) is 43.3 Å². The Kier molecular flexibility index (Phi) is 5.99. The van der Waals surface area contributed by atoms with Gasteiger partial charge in [0.1, 0.15) is 18.0 Å². The van der Waals surface area contributed by atoms with Crippen LogP contribution in [0.4, 0.5) is 17.3 Å². The summed E-state index contributed by atoms with van der Waals surface area (Å²) in [7, 11) is 0. The van der Waals surface area contributed by atoms with E-state index in [1.54, 1.807) is 6.33 Å². The maximum absolute atomic E-state index is 4.52. The maximum atomic E-state index is 4.52. The summed E-state index contributed by atoms with van der Waals surface area (Å²) in [6, 6.07) is 22.8. The molecule has 4 nitrogen and oxygen atoms in total. The third kappa shape index (κ3) is 4.80. The molecule has 1 N–H and O–H groups in total. The van der Waals surface area contributed by atoms with Gasteiger partial charge in [-0.05, 0) is 24.1 Å². The lowest BCUT2D eigenvalue weighted by Gasteiger charge is -2.24. The molecule has 25 heavy (non-hydrogen) atoms. The monoisotopic (exact) mass is 332 g/mol. The molecule has 1 heterocycles. The lowest BCUT2D eigenvalue weighted by molar-refractivity contribution is 0.829. The van der Waals surface area contributed by atoms with E-state index in [1.165, 1.54) is 5.56 Å². The van der Waals surface area contributed by atoms with Gasteiger partial charge in [0, 0.05) is 24.8 Å². The molecular formula is C21H24N4. The average molecular weight is 332 g/mol. The van der Waals surface area contributed by atoms with Gasteiger partial charge in [0.2, 0.25) is 0 Å². The minimum Gasteiger partial charge on any atom is -0.370 e. The van der Waals surface area contributed by atoms with Gasteiger partial charge in [-0.3, -0.25) is 0 Å². The van der Waals surface area contributed by atoms with Gasteiger partial charge < -0.3 is 10.2 Å². The Morgan fingerprint density at radius 2 is 1.64 bits per heavy atom. The highest BCUT2D eigenvalue weighted by atomic mass is 15.2. The molecule has 0 bridgehead atoms. The molecular weight excluding hydrogens is 308 g/mol. The molecule has 0 aliphatic heterocycles. The Labute approximate surface area is 149 Å². The zero-order valence-electron chi connectivity index (χ0n) is 14.6. The van der Waals surface area contributed by atoms with Crippen LogP contribution in [0.5, 0.6) is 0 Å². The fourth-order valence-electron chi connectivity index (χ4n) is 2.66. The second-order valence-corrected chi connectivity index (χ2v) is 5.95. The highest BCUT2D eigenvalue weighted by Crippen LogP contribution is 2.26. The van der Waals surface area contributed by atoms with Gasteiger partial charge in [-0.15, -0.1) is 0 Å². The zero-order valence-corrected chi connectivity index (χ0v) is 14.6. The van der Waals surface area contributed by atoms with Crippen molar-refractivity contribution in [2.24, 2.45) is 0 Å². The first-order chi connectivity index (χ1) is 12.4. The predicted octanol–water partition coefficient (Wildman–Crippen LogP) is 5.03. The maximum Gasteiger partial charge on any atom is 0.138 e. The van der Waals surface area contributed by atoms with Crippen LogP contribution in [0.15, 0.2) is 73.1 Å². The van der Waals surface area contributed by atoms with Crippen molar-refractivity contribution >= 4 is 17.3 Å². The van der Waals surface area contributed by atoms with Gasteiger partial charge in [-0.2, -0.15) is 0 Å². The number of rotatable bonds is 8. The zero-order chi connectivity index (χ0) is 17.3. The molecule has 0 atom stereocenters. The Balaban J connectivity index is 1.87. The fourth-order valence-corrected chi connectivity index (χ4v) is 2.66. The molecule has 0 unspecified atom stereocenters. The van der Waals surface area contributed by atoms with E-state index in [-0.39, 0.29) is 0 Å².